The Kier molecular flexibility index (Phi) is 5.02. The quantitative estimate of drug-likeness (QED) is 0.905. The van der Waals surface area contributed by atoms with E-state index in [0.717, 1.165) is 50.9 Å². The average Bonchev–Trinajstić information content (AvgIpc) is 3.26. The molecule has 3 rings (SSSR count). The van der Waals surface area contributed by atoms with E-state index in [-0.39, 0.29) is 5.91 Å². The lowest BCUT2D eigenvalue weighted by Crippen LogP contribution is -2.42. The summed E-state index contributed by atoms with van der Waals surface area (Å²) in [6, 6.07) is 6.86. The van der Waals surface area contributed by atoms with Crippen molar-refractivity contribution in [3.05, 3.63) is 24.0 Å². The molecule has 124 valence electrons. The SMILES string of the molecule is C[C@@H]1CCCN1C(=O)CN[C@@H]1CCC(Cn2cccc2C#N)C1. The minimum absolute atomic E-state index is 0.246. The van der Waals surface area contributed by atoms with Crippen LogP contribution in [0.3, 0.4) is 0 Å². The first kappa shape index (κ1) is 16.1. The topological polar surface area (TPSA) is 61.1 Å². The molecule has 2 aliphatic rings. The predicted octanol–water partition coefficient (Wildman–Crippen LogP) is 2.13. The van der Waals surface area contributed by atoms with E-state index >= 15 is 0 Å². The number of carbonyl (C=O) groups is 1. The second kappa shape index (κ2) is 7.18. The number of amides is 1. The highest BCUT2D eigenvalue weighted by atomic mass is 16.2. The van der Waals surface area contributed by atoms with Crippen LogP contribution in [0, 0.1) is 17.2 Å². The number of aromatic nitrogens is 1. The Morgan fingerprint density at radius 3 is 3.04 bits per heavy atom. The summed E-state index contributed by atoms with van der Waals surface area (Å²) in [6.07, 6.45) is 7.63. The van der Waals surface area contributed by atoms with Crippen molar-refractivity contribution in [3.63, 3.8) is 0 Å². The van der Waals surface area contributed by atoms with E-state index in [2.05, 4.69) is 18.3 Å². The molecule has 1 aliphatic heterocycles. The highest BCUT2D eigenvalue weighted by molar-refractivity contribution is 5.78. The van der Waals surface area contributed by atoms with Gasteiger partial charge in [-0.2, -0.15) is 5.26 Å². The number of hydrogen-bond donors (Lipinski definition) is 1. The first-order chi connectivity index (χ1) is 11.2. The molecular weight excluding hydrogens is 288 g/mol. The van der Waals surface area contributed by atoms with Crippen LogP contribution in [0.4, 0.5) is 0 Å². The Hall–Kier alpha value is -1.80. The minimum atomic E-state index is 0.246. The lowest BCUT2D eigenvalue weighted by atomic mass is 10.1. The Morgan fingerprint density at radius 2 is 2.30 bits per heavy atom. The monoisotopic (exact) mass is 314 g/mol. The smallest absolute Gasteiger partial charge is 0.236 e. The Morgan fingerprint density at radius 1 is 1.43 bits per heavy atom. The van der Waals surface area contributed by atoms with Crippen LogP contribution in [0.2, 0.25) is 0 Å². The van der Waals surface area contributed by atoms with Crippen molar-refractivity contribution in [2.75, 3.05) is 13.1 Å². The number of rotatable bonds is 5. The molecule has 1 amide bonds. The number of likely N-dealkylation sites (tertiary alicyclic amines) is 1. The molecule has 23 heavy (non-hydrogen) atoms. The summed E-state index contributed by atoms with van der Waals surface area (Å²) in [6.45, 7) is 4.43. The van der Waals surface area contributed by atoms with Crippen molar-refractivity contribution in [2.24, 2.45) is 5.92 Å². The molecule has 2 fully saturated rings. The van der Waals surface area contributed by atoms with Crippen molar-refractivity contribution in [3.8, 4) is 6.07 Å². The van der Waals surface area contributed by atoms with Gasteiger partial charge in [0.15, 0.2) is 0 Å². The maximum absolute atomic E-state index is 12.3. The van der Waals surface area contributed by atoms with E-state index in [1.54, 1.807) is 0 Å². The van der Waals surface area contributed by atoms with Gasteiger partial charge in [-0.1, -0.05) is 0 Å². The number of nitriles is 1. The molecule has 0 radical (unpaired) electrons. The molecule has 1 aromatic rings. The van der Waals surface area contributed by atoms with Crippen LogP contribution in [0.1, 0.15) is 44.7 Å². The molecule has 1 unspecified atom stereocenters. The Bertz CT molecular complexity index is 588. The molecular formula is C18H26N4O. The molecule has 5 heteroatoms. The fourth-order valence-corrected chi connectivity index (χ4v) is 4.02. The predicted molar refractivity (Wildman–Crippen MR) is 88.7 cm³/mol. The molecule has 1 saturated heterocycles. The molecule has 1 aliphatic carbocycles. The molecule has 1 N–H and O–H groups in total. The van der Waals surface area contributed by atoms with Gasteiger partial charge in [0.2, 0.25) is 5.91 Å². The summed E-state index contributed by atoms with van der Waals surface area (Å²) >= 11 is 0. The van der Waals surface area contributed by atoms with Crippen LogP contribution in [0.5, 0.6) is 0 Å². The van der Waals surface area contributed by atoms with Gasteiger partial charge in [-0.15, -0.1) is 0 Å². The van der Waals surface area contributed by atoms with Gasteiger partial charge >= 0.3 is 0 Å². The van der Waals surface area contributed by atoms with Crippen LogP contribution in [0.15, 0.2) is 18.3 Å². The zero-order valence-electron chi connectivity index (χ0n) is 13.9. The third-order valence-corrected chi connectivity index (χ3v) is 5.36. The van der Waals surface area contributed by atoms with Crippen LogP contribution < -0.4 is 5.32 Å². The van der Waals surface area contributed by atoms with Crippen LogP contribution in [-0.2, 0) is 11.3 Å². The first-order valence-electron chi connectivity index (χ1n) is 8.75. The fraction of sp³-hybridized carbons (Fsp3) is 0.667. The second-order valence-corrected chi connectivity index (χ2v) is 6.99. The summed E-state index contributed by atoms with van der Waals surface area (Å²) in [5, 5.41) is 12.5. The largest absolute Gasteiger partial charge is 0.339 e. The Labute approximate surface area is 138 Å². The van der Waals surface area contributed by atoms with E-state index in [4.69, 9.17) is 5.26 Å². The normalized spacial score (nSPS) is 27.3. The molecule has 2 heterocycles. The van der Waals surface area contributed by atoms with Gasteiger partial charge in [0.1, 0.15) is 11.8 Å². The first-order valence-corrected chi connectivity index (χ1v) is 8.75. The van der Waals surface area contributed by atoms with Gasteiger partial charge < -0.3 is 14.8 Å². The van der Waals surface area contributed by atoms with Gasteiger partial charge in [-0.05, 0) is 57.1 Å². The summed E-state index contributed by atoms with van der Waals surface area (Å²) in [5.74, 6) is 0.837. The number of nitrogens with zero attached hydrogens (tertiary/aromatic N) is 3. The van der Waals surface area contributed by atoms with Crippen molar-refractivity contribution < 1.29 is 4.79 Å². The van der Waals surface area contributed by atoms with E-state index in [1.807, 2.05) is 27.8 Å². The third kappa shape index (κ3) is 3.76. The highest BCUT2D eigenvalue weighted by Gasteiger charge is 2.28. The van der Waals surface area contributed by atoms with Crippen molar-refractivity contribution in [1.29, 1.82) is 5.26 Å². The van der Waals surface area contributed by atoms with Crippen molar-refractivity contribution >= 4 is 5.91 Å². The number of nitrogens with one attached hydrogen (secondary N) is 1. The van der Waals surface area contributed by atoms with Gasteiger partial charge in [0.25, 0.3) is 0 Å². The highest BCUT2D eigenvalue weighted by Crippen LogP contribution is 2.27. The van der Waals surface area contributed by atoms with E-state index in [1.165, 1.54) is 0 Å². The number of carbonyl (C=O) groups excluding carboxylic acids is 1. The number of hydrogen-bond acceptors (Lipinski definition) is 3. The fourth-order valence-electron chi connectivity index (χ4n) is 4.02. The van der Waals surface area contributed by atoms with Crippen molar-refractivity contribution in [2.45, 2.75) is 57.7 Å². The van der Waals surface area contributed by atoms with Crippen LogP contribution >= 0.6 is 0 Å². The maximum Gasteiger partial charge on any atom is 0.236 e. The molecule has 3 atom stereocenters. The van der Waals surface area contributed by atoms with Crippen LogP contribution in [-0.4, -0.2) is 40.5 Å². The van der Waals surface area contributed by atoms with Crippen LogP contribution in [0.25, 0.3) is 0 Å². The molecule has 0 spiro atoms. The lowest BCUT2D eigenvalue weighted by molar-refractivity contribution is -0.130. The van der Waals surface area contributed by atoms with Gasteiger partial charge in [0.05, 0.1) is 6.54 Å². The molecule has 0 bridgehead atoms. The van der Waals surface area contributed by atoms with E-state index in [0.29, 0.717) is 24.5 Å². The maximum atomic E-state index is 12.3. The lowest BCUT2D eigenvalue weighted by Gasteiger charge is -2.23. The third-order valence-electron chi connectivity index (χ3n) is 5.36. The summed E-state index contributed by atoms with van der Waals surface area (Å²) in [7, 11) is 0. The van der Waals surface area contributed by atoms with Gasteiger partial charge in [-0.3, -0.25) is 4.79 Å². The molecule has 5 nitrogen and oxygen atoms in total. The Balaban J connectivity index is 1.43. The molecule has 1 aromatic heterocycles. The van der Waals surface area contributed by atoms with Crippen molar-refractivity contribution in [1.82, 2.24) is 14.8 Å². The second-order valence-electron chi connectivity index (χ2n) is 6.99. The molecule has 0 aromatic carbocycles. The summed E-state index contributed by atoms with van der Waals surface area (Å²) < 4.78 is 2.05. The minimum Gasteiger partial charge on any atom is -0.339 e. The van der Waals surface area contributed by atoms with Gasteiger partial charge in [0, 0.05) is 31.4 Å². The standard InChI is InChI=1S/C18H26N4O/c1-14-4-2-9-22(14)18(23)12-20-16-7-6-15(10-16)13-21-8-3-5-17(21)11-19/h3,5,8,14-16,20H,2,4,6-7,9-10,12-13H2,1H3/t14-,15?,16-/m1/s1. The average molecular weight is 314 g/mol. The summed E-state index contributed by atoms with van der Waals surface area (Å²) in [5.41, 5.74) is 0.736. The summed E-state index contributed by atoms with van der Waals surface area (Å²) in [4.78, 5) is 14.3. The van der Waals surface area contributed by atoms with E-state index < -0.39 is 0 Å². The van der Waals surface area contributed by atoms with E-state index in [9.17, 15) is 4.79 Å². The zero-order chi connectivity index (χ0) is 16.2. The zero-order valence-corrected chi connectivity index (χ0v) is 13.9. The molecule has 1 saturated carbocycles. The van der Waals surface area contributed by atoms with Gasteiger partial charge in [-0.25, -0.2) is 0 Å².